The lowest BCUT2D eigenvalue weighted by Gasteiger charge is -2.34. The second-order valence-electron chi connectivity index (χ2n) is 8.50. The second-order valence-corrected chi connectivity index (χ2v) is 8.50. The number of ketones is 1. The Morgan fingerprint density at radius 1 is 1.07 bits per heavy atom. The van der Waals surface area contributed by atoms with Gasteiger partial charge in [-0.25, -0.2) is 9.37 Å². The molecule has 0 saturated carbocycles. The summed E-state index contributed by atoms with van der Waals surface area (Å²) in [4.78, 5) is 33.0. The van der Waals surface area contributed by atoms with Crippen LogP contribution in [0, 0.1) is 18.7 Å². The van der Waals surface area contributed by atoms with Crippen molar-refractivity contribution in [2.24, 2.45) is 5.92 Å². The summed E-state index contributed by atoms with van der Waals surface area (Å²) in [6, 6.07) is 9.11. The third kappa shape index (κ3) is 4.23. The Kier molecular flexibility index (Phi) is 5.84. The number of halogens is 1. The van der Waals surface area contributed by atoms with Crippen LogP contribution in [0.4, 0.5) is 10.2 Å². The van der Waals surface area contributed by atoms with Crippen molar-refractivity contribution in [1.29, 1.82) is 0 Å². The van der Waals surface area contributed by atoms with Crippen molar-refractivity contribution in [3.8, 4) is 0 Å². The average molecular weight is 410 g/mol. The zero-order valence-electron chi connectivity index (χ0n) is 17.6. The Balaban J connectivity index is 1.32. The van der Waals surface area contributed by atoms with Crippen LogP contribution >= 0.6 is 0 Å². The smallest absolute Gasteiger partial charge is 0.225 e. The van der Waals surface area contributed by atoms with E-state index in [4.69, 9.17) is 0 Å². The molecule has 158 valence electrons. The van der Waals surface area contributed by atoms with E-state index >= 15 is 0 Å². The monoisotopic (exact) mass is 409 g/mol. The van der Waals surface area contributed by atoms with Gasteiger partial charge in [-0.3, -0.25) is 9.59 Å². The van der Waals surface area contributed by atoms with Crippen LogP contribution in [0.5, 0.6) is 0 Å². The predicted octanol–water partition coefficient (Wildman–Crippen LogP) is 3.96. The minimum atomic E-state index is -0.172. The first-order chi connectivity index (χ1) is 14.4. The van der Waals surface area contributed by atoms with E-state index in [2.05, 4.69) is 9.88 Å². The number of carbonyl (C=O) groups is 2. The fourth-order valence-electron chi connectivity index (χ4n) is 4.49. The summed E-state index contributed by atoms with van der Waals surface area (Å²) >= 11 is 0. The largest absolute Gasteiger partial charge is 0.357 e. The molecule has 0 spiro atoms. The predicted molar refractivity (Wildman–Crippen MR) is 114 cm³/mol. The molecule has 1 aromatic carbocycles. The molecule has 1 amide bonds. The van der Waals surface area contributed by atoms with Gasteiger partial charge in [-0.05, 0) is 62.4 Å². The molecule has 0 bridgehead atoms. The summed E-state index contributed by atoms with van der Waals surface area (Å²) in [6.45, 7) is 6.28. The highest BCUT2D eigenvalue weighted by Gasteiger charge is 2.33. The fourth-order valence-corrected chi connectivity index (χ4v) is 4.49. The van der Waals surface area contributed by atoms with Crippen LogP contribution in [-0.4, -0.2) is 47.8 Å². The Hall–Kier alpha value is -2.76. The molecule has 0 radical (unpaired) electrons. The number of anilines is 1. The standard InChI is InChI=1S/C24H28FN3O2/c1-16-3-4-19(13-22(16)25)21-9-12-28(15-21)24(30)18-7-10-27(11-8-18)23-6-5-20(14-26-23)17(2)29/h3-6,13-14,18,21H,7-12,15H2,1-2H3/t21-/m0/s1. The van der Waals surface area contributed by atoms with Gasteiger partial charge in [-0.15, -0.1) is 0 Å². The molecule has 3 heterocycles. The van der Waals surface area contributed by atoms with E-state index in [9.17, 15) is 14.0 Å². The second kappa shape index (κ2) is 8.54. The number of Topliss-reactive ketones (excluding diaryl/α,β-unsaturated/α-hetero) is 1. The summed E-state index contributed by atoms with van der Waals surface area (Å²) in [6.07, 6.45) is 4.11. The number of rotatable bonds is 4. The van der Waals surface area contributed by atoms with Crippen molar-refractivity contribution in [2.75, 3.05) is 31.1 Å². The zero-order chi connectivity index (χ0) is 21.3. The van der Waals surface area contributed by atoms with Crippen LogP contribution in [0.3, 0.4) is 0 Å². The minimum Gasteiger partial charge on any atom is -0.357 e. The van der Waals surface area contributed by atoms with E-state index in [0.29, 0.717) is 17.7 Å². The maximum Gasteiger partial charge on any atom is 0.225 e. The summed E-state index contributed by atoms with van der Waals surface area (Å²) in [5, 5.41) is 0. The Morgan fingerprint density at radius 2 is 1.83 bits per heavy atom. The van der Waals surface area contributed by atoms with Gasteiger partial charge in [0.1, 0.15) is 11.6 Å². The van der Waals surface area contributed by atoms with Crippen LogP contribution in [0.25, 0.3) is 0 Å². The summed E-state index contributed by atoms with van der Waals surface area (Å²) in [5.41, 5.74) is 2.26. The number of aryl methyl sites for hydroxylation is 1. The molecule has 0 N–H and O–H groups in total. The van der Waals surface area contributed by atoms with Gasteiger partial charge in [0.2, 0.25) is 5.91 Å². The number of aromatic nitrogens is 1. The van der Waals surface area contributed by atoms with Crippen molar-refractivity contribution in [3.63, 3.8) is 0 Å². The molecule has 2 aliphatic rings. The average Bonchev–Trinajstić information content (AvgIpc) is 3.25. The topological polar surface area (TPSA) is 53.5 Å². The van der Waals surface area contributed by atoms with Crippen LogP contribution < -0.4 is 4.90 Å². The molecule has 5 nitrogen and oxygen atoms in total. The van der Waals surface area contributed by atoms with Crippen LogP contribution in [0.15, 0.2) is 36.5 Å². The molecule has 2 fully saturated rings. The van der Waals surface area contributed by atoms with E-state index in [-0.39, 0.29) is 29.3 Å². The lowest BCUT2D eigenvalue weighted by molar-refractivity contribution is -0.135. The van der Waals surface area contributed by atoms with Crippen molar-refractivity contribution in [1.82, 2.24) is 9.88 Å². The van der Waals surface area contributed by atoms with Crippen LogP contribution in [0.1, 0.15) is 53.6 Å². The molecule has 0 aliphatic carbocycles. The van der Waals surface area contributed by atoms with Gasteiger partial charge in [0.15, 0.2) is 5.78 Å². The summed E-state index contributed by atoms with van der Waals surface area (Å²) < 4.78 is 13.9. The zero-order valence-corrected chi connectivity index (χ0v) is 17.6. The molecule has 4 rings (SSSR count). The molecule has 1 atom stereocenters. The number of carbonyl (C=O) groups excluding carboxylic acids is 2. The highest BCUT2D eigenvalue weighted by atomic mass is 19.1. The molecular weight excluding hydrogens is 381 g/mol. The molecule has 0 unspecified atom stereocenters. The summed E-state index contributed by atoms with van der Waals surface area (Å²) in [5.74, 6) is 1.17. The molecular formula is C24H28FN3O2. The fraction of sp³-hybridized carbons (Fsp3) is 0.458. The molecule has 30 heavy (non-hydrogen) atoms. The molecule has 2 saturated heterocycles. The third-order valence-corrected chi connectivity index (χ3v) is 6.49. The van der Waals surface area contributed by atoms with Gasteiger partial charge in [0.05, 0.1) is 0 Å². The Bertz CT molecular complexity index is 936. The van der Waals surface area contributed by atoms with Gasteiger partial charge in [0.25, 0.3) is 0 Å². The number of nitrogens with zero attached hydrogens (tertiary/aromatic N) is 3. The number of hydrogen-bond acceptors (Lipinski definition) is 4. The summed E-state index contributed by atoms with van der Waals surface area (Å²) in [7, 11) is 0. The quantitative estimate of drug-likeness (QED) is 0.717. The molecule has 6 heteroatoms. The van der Waals surface area contributed by atoms with Crippen molar-refractivity contribution < 1.29 is 14.0 Å². The van der Waals surface area contributed by atoms with E-state index in [1.165, 1.54) is 6.92 Å². The number of likely N-dealkylation sites (tertiary alicyclic amines) is 1. The highest BCUT2D eigenvalue weighted by Crippen LogP contribution is 2.31. The first-order valence-corrected chi connectivity index (χ1v) is 10.7. The maximum atomic E-state index is 13.9. The van der Waals surface area contributed by atoms with Gasteiger partial charge in [0, 0.05) is 49.8 Å². The number of benzene rings is 1. The number of amides is 1. The third-order valence-electron chi connectivity index (χ3n) is 6.49. The normalized spacial score (nSPS) is 19.9. The number of piperidine rings is 1. The van der Waals surface area contributed by atoms with Crippen LogP contribution in [0.2, 0.25) is 0 Å². The van der Waals surface area contributed by atoms with Gasteiger partial charge >= 0.3 is 0 Å². The Morgan fingerprint density at radius 3 is 2.47 bits per heavy atom. The first-order valence-electron chi connectivity index (χ1n) is 10.7. The molecule has 1 aromatic heterocycles. The van der Waals surface area contributed by atoms with E-state index in [1.54, 1.807) is 25.3 Å². The minimum absolute atomic E-state index is 0.00986. The van der Waals surface area contributed by atoms with Gasteiger partial charge in [-0.1, -0.05) is 12.1 Å². The molecule has 2 aromatic rings. The lowest BCUT2D eigenvalue weighted by Crippen LogP contribution is -2.42. The lowest BCUT2D eigenvalue weighted by atomic mass is 9.95. The van der Waals surface area contributed by atoms with E-state index in [1.807, 2.05) is 23.1 Å². The van der Waals surface area contributed by atoms with E-state index in [0.717, 1.165) is 50.3 Å². The SMILES string of the molecule is CC(=O)c1ccc(N2CCC(C(=O)N3CC[C@H](c4ccc(C)c(F)c4)C3)CC2)nc1. The maximum absolute atomic E-state index is 13.9. The highest BCUT2D eigenvalue weighted by molar-refractivity contribution is 5.93. The van der Waals surface area contributed by atoms with Crippen molar-refractivity contribution >= 4 is 17.5 Å². The van der Waals surface area contributed by atoms with E-state index < -0.39 is 0 Å². The van der Waals surface area contributed by atoms with Crippen LogP contribution in [-0.2, 0) is 4.79 Å². The van der Waals surface area contributed by atoms with Crippen molar-refractivity contribution in [3.05, 3.63) is 59.0 Å². The number of hydrogen-bond donors (Lipinski definition) is 0. The molecule has 2 aliphatic heterocycles. The van der Waals surface area contributed by atoms with Gasteiger partial charge in [-0.2, -0.15) is 0 Å². The van der Waals surface area contributed by atoms with Gasteiger partial charge < -0.3 is 9.80 Å². The Labute approximate surface area is 176 Å². The number of pyridine rings is 1. The van der Waals surface area contributed by atoms with Crippen molar-refractivity contribution in [2.45, 2.75) is 39.0 Å². The first kappa shape index (κ1) is 20.5.